The van der Waals surface area contributed by atoms with E-state index in [1.54, 1.807) is 11.3 Å². The van der Waals surface area contributed by atoms with Gasteiger partial charge >= 0.3 is 0 Å². The van der Waals surface area contributed by atoms with Crippen LogP contribution in [0.25, 0.3) is 11.3 Å². The molecule has 88 valence electrons. The fourth-order valence-electron chi connectivity index (χ4n) is 1.88. The highest BCUT2D eigenvalue weighted by molar-refractivity contribution is 7.14. The summed E-state index contributed by atoms with van der Waals surface area (Å²) < 4.78 is 0. The summed E-state index contributed by atoms with van der Waals surface area (Å²) in [4.78, 5) is 4.67. The van der Waals surface area contributed by atoms with Crippen molar-refractivity contribution in [1.82, 2.24) is 4.98 Å². The monoisotopic (exact) mass is 244 g/mol. The molecule has 2 aromatic rings. The van der Waals surface area contributed by atoms with Gasteiger partial charge < -0.3 is 5.32 Å². The molecule has 0 amide bonds. The maximum absolute atomic E-state index is 4.67. The van der Waals surface area contributed by atoms with E-state index in [2.05, 4.69) is 47.7 Å². The first-order chi connectivity index (χ1) is 8.22. The Bertz CT molecular complexity index is 541. The molecule has 3 rings (SSSR count). The minimum Gasteiger partial charge on any atom is -0.359 e. The van der Waals surface area contributed by atoms with Crippen molar-refractivity contribution >= 4 is 16.5 Å². The standard InChI is InChI=1S/C14H16N2S/c1-9-3-4-10(2)12(7-9)13-8-17-14(16-13)15-11-5-6-11/h3-4,7-8,11H,5-6H2,1-2H3,(H,15,16). The molecule has 0 atom stereocenters. The molecular weight excluding hydrogens is 228 g/mol. The molecule has 2 nitrogen and oxygen atoms in total. The Balaban J connectivity index is 1.91. The molecule has 1 aliphatic rings. The van der Waals surface area contributed by atoms with Gasteiger partial charge in [0.1, 0.15) is 0 Å². The second-order valence-corrected chi connectivity index (χ2v) is 5.63. The molecule has 1 saturated carbocycles. The summed E-state index contributed by atoms with van der Waals surface area (Å²) in [7, 11) is 0. The van der Waals surface area contributed by atoms with Gasteiger partial charge in [-0.1, -0.05) is 17.7 Å². The van der Waals surface area contributed by atoms with Gasteiger partial charge in [-0.2, -0.15) is 0 Å². The molecule has 0 saturated heterocycles. The van der Waals surface area contributed by atoms with Crippen LogP contribution >= 0.6 is 11.3 Å². The lowest BCUT2D eigenvalue weighted by Crippen LogP contribution is -1.99. The Morgan fingerprint density at radius 2 is 2.12 bits per heavy atom. The lowest BCUT2D eigenvalue weighted by molar-refractivity contribution is 1.14. The van der Waals surface area contributed by atoms with Gasteiger partial charge in [-0.15, -0.1) is 11.3 Å². The van der Waals surface area contributed by atoms with Crippen LogP contribution in [-0.2, 0) is 0 Å². The zero-order valence-corrected chi connectivity index (χ0v) is 11.0. The highest BCUT2D eigenvalue weighted by Gasteiger charge is 2.22. The Morgan fingerprint density at radius 1 is 1.29 bits per heavy atom. The van der Waals surface area contributed by atoms with Crippen LogP contribution in [0.3, 0.4) is 0 Å². The number of aromatic nitrogens is 1. The SMILES string of the molecule is Cc1ccc(C)c(-c2csc(NC3CC3)n2)c1. The first kappa shape index (κ1) is 10.8. The molecule has 0 radical (unpaired) electrons. The van der Waals surface area contributed by atoms with E-state index in [4.69, 9.17) is 0 Å². The smallest absolute Gasteiger partial charge is 0.183 e. The number of thiazole rings is 1. The van der Waals surface area contributed by atoms with Crippen LogP contribution in [0.4, 0.5) is 5.13 Å². The number of hydrogen-bond donors (Lipinski definition) is 1. The van der Waals surface area contributed by atoms with E-state index in [0.29, 0.717) is 6.04 Å². The van der Waals surface area contributed by atoms with Crippen molar-refractivity contribution in [3.63, 3.8) is 0 Å². The van der Waals surface area contributed by atoms with Crippen molar-refractivity contribution in [2.45, 2.75) is 32.7 Å². The Hall–Kier alpha value is -1.35. The van der Waals surface area contributed by atoms with Crippen LogP contribution in [0.1, 0.15) is 24.0 Å². The van der Waals surface area contributed by atoms with Crippen LogP contribution in [0.5, 0.6) is 0 Å². The molecule has 1 aliphatic carbocycles. The summed E-state index contributed by atoms with van der Waals surface area (Å²) in [5, 5.41) is 6.65. The molecule has 1 heterocycles. The minimum absolute atomic E-state index is 0.674. The van der Waals surface area contributed by atoms with Crippen molar-refractivity contribution in [1.29, 1.82) is 0 Å². The molecule has 0 unspecified atom stereocenters. The number of nitrogens with one attached hydrogen (secondary N) is 1. The molecule has 0 aliphatic heterocycles. The summed E-state index contributed by atoms with van der Waals surface area (Å²) in [6, 6.07) is 7.20. The maximum atomic E-state index is 4.67. The highest BCUT2D eigenvalue weighted by Crippen LogP contribution is 2.31. The van der Waals surface area contributed by atoms with E-state index in [1.165, 1.54) is 29.5 Å². The largest absolute Gasteiger partial charge is 0.359 e. The average Bonchev–Trinajstić information content (AvgIpc) is 2.99. The predicted octanol–water partition coefficient (Wildman–Crippen LogP) is 4.00. The summed E-state index contributed by atoms with van der Waals surface area (Å²) in [6.07, 6.45) is 2.58. The zero-order chi connectivity index (χ0) is 11.8. The second kappa shape index (κ2) is 4.15. The highest BCUT2D eigenvalue weighted by atomic mass is 32.1. The van der Waals surface area contributed by atoms with Gasteiger partial charge in [-0.3, -0.25) is 0 Å². The zero-order valence-electron chi connectivity index (χ0n) is 10.2. The van der Waals surface area contributed by atoms with Gasteiger partial charge in [0, 0.05) is 17.0 Å². The van der Waals surface area contributed by atoms with E-state index in [0.717, 1.165) is 10.8 Å². The molecule has 1 fully saturated rings. The van der Waals surface area contributed by atoms with Gasteiger partial charge in [0.15, 0.2) is 5.13 Å². The Morgan fingerprint density at radius 3 is 2.88 bits per heavy atom. The van der Waals surface area contributed by atoms with Crippen molar-refractivity contribution in [3.05, 3.63) is 34.7 Å². The average molecular weight is 244 g/mol. The molecule has 0 spiro atoms. The van der Waals surface area contributed by atoms with Gasteiger partial charge in [0.2, 0.25) is 0 Å². The Labute approximate surface area is 106 Å². The minimum atomic E-state index is 0.674. The molecule has 3 heteroatoms. The fraction of sp³-hybridized carbons (Fsp3) is 0.357. The summed E-state index contributed by atoms with van der Waals surface area (Å²) in [5.41, 5.74) is 4.93. The lowest BCUT2D eigenvalue weighted by Gasteiger charge is -2.03. The number of anilines is 1. The normalized spacial score (nSPS) is 14.9. The summed E-state index contributed by atoms with van der Waals surface area (Å²) >= 11 is 1.71. The van der Waals surface area contributed by atoms with Crippen molar-refractivity contribution in [3.8, 4) is 11.3 Å². The van der Waals surface area contributed by atoms with Gasteiger partial charge in [-0.25, -0.2) is 4.98 Å². The van der Waals surface area contributed by atoms with Crippen molar-refractivity contribution in [2.24, 2.45) is 0 Å². The van der Waals surface area contributed by atoms with Crippen LogP contribution in [0, 0.1) is 13.8 Å². The number of benzene rings is 1. The topological polar surface area (TPSA) is 24.9 Å². The van der Waals surface area contributed by atoms with Gasteiger partial charge in [0.25, 0.3) is 0 Å². The number of rotatable bonds is 3. The first-order valence-corrected chi connectivity index (χ1v) is 6.90. The van der Waals surface area contributed by atoms with E-state index in [-0.39, 0.29) is 0 Å². The van der Waals surface area contributed by atoms with E-state index < -0.39 is 0 Å². The quantitative estimate of drug-likeness (QED) is 0.882. The number of nitrogens with zero attached hydrogens (tertiary/aromatic N) is 1. The van der Waals surface area contributed by atoms with Crippen LogP contribution in [0.15, 0.2) is 23.6 Å². The third-order valence-electron chi connectivity index (χ3n) is 3.08. The molecular formula is C14H16N2S. The van der Waals surface area contributed by atoms with Crippen LogP contribution in [0.2, 0.25) is 0 Å². The molecule has 0 bridgehead atoms. The molecule has 17 heavy (non-hydrogen) atoms. The van der Waals surface area contributed by atoms with E-state index in [9.17, 15) is 0 Å². The summed E-state index contributed by atoms with van der Waals surface area (Å²) in [5.74, 6) is 0. The molecule has 1 aromatic heterocycles. The molecule has 1 N–H and O–H groups in total. The van der Waals surface area contributed by atoms with Gasteiger partial charge in [-0.05, 0) is 38.3 Å². The third-order valence-corrected chi connectivity index (χ3v) is 3.85. The second-order valence-electron chi connectivity index (χ2n) is 4.77. The first-order valence-electron chi connectivity index (χ1n) is 6.02. The predicted molar refractivity (Wildman–Crippen MR) is 73.7 cm³/mol. The van der Waals surface area contributed by atoms with Gasteiger partial charge in [0.05, 0.1) is 5.69 Å². The fourth-order valence-corrected chi connectivity index (χ4v) is 2.67. The van der Waals surface area contributed by atoms with E-state index in [1.807, 2.05) is 0 Å². The number of hydrogen-bond acceptors (Lipinski definition) is 3. The van der Waals surface area contributed by atoms with Crippen LogP contribution in [-0.4, -0.2) is 11.0 Å². The number of aryl methyl sites for hydroxylation is 2. The van der Waals surface area contributed by atoms with Crippen molar-refractivity contribution in [2.75, 3.05) is 5.32 Å². The van der Waals surface area contributed by atoms with Crippen LogP contribution < -0.4 is 5.32 Å². The molecule has 1 aromatic carbocycles. The maximum Gasteiger partial charge on any atom is 0.183 e. The Kier molecular flexibility index (Phi) is 2.63. The third kappa shape index (κ3) is 2.34. The lowest BCUT2D eigenvalue weighted by atomic mass is 10.0. The van der Waals surface area contributed by atoms with Crippen molar-refractivity contribution < 1.29 is 0 Å². The summed E-state index contributed by atoms with van der Waals surface area (Å²) in [6.45, 7) is 4.26. The van der Waals surface area contributed by atoms with E-state index >= 15 is 0 Å².